The second-order valence-corrected chi connectivity index (χ2v) is 5.89. The molecule has 1 aromatic heterocycles. The van der Waals surface area contributed by atoms with E-state index < -0.39 is 0 Å². The van der Waals surface area contributed by atoms with Crippen molar-refractivity contribution < 1.29 is 9.31 Å². The summed E-state index contributed by atoms with van der Waals surface area (Å²) in [5.74, 6) is 0. The molecule has 0 bridgehead atoms. The minimum atomic E-state index is -0.191. The van der Waals surface area contributed by atoms with Gasteiger partial charge in [0.05, 0.1) is 0 Å². The van der Waals surface area contributed by atoms with Crippen molar-refractivity contribution in [2.45, 2.75) is 13.8 Å². The van der Waals surface area contributed by atoms with E-state index in [-0.39, 0.29) is 12.5 Å². The molecule has 0 aliphatic carbocycles. The molecule has 1 saturated heterocycles. The van der Waals surface area contributed by atoms with E-state index in [0.717, 1.165) is 23.1 Å². The molecule has 2 rings (SSSR count). The lowest BCUT2D eigenvalue weighted by Gasteiger charge is -2.32. The highest BCUT2D eigenvalue weighted by Gasteiger charge is 2.34. The largest absolute Gasteiger partial charge is 0.495 e. The van der Waals surface area contributed by atoms with Gasteiger partial charge in [-0.2, -0.15) is 11.3 Å². The Morgan fingerprint density at radius 1 is 1.36 bits per heavy atom. The van der Waals surface area contributed by atoms with Crippen molar-refractivity contribution in [3.63, 3.8) is 0 Å². The smallest absolute Gasteiger partial charge is 0.407 e. The molecule has 5 heteroatoms. The van der Waals surface area contributed by atoms with Gasteiger partial charge in [0.25, 0.3) is 0 Å². The number of halogens is 1. The fraction of sp³-hybridized carbons (Fsp3) is 0.556. The van der Waals surface area contributed by atoms with Gasteiger partial charge in [0.15, 0.2) is 0 Å². The molecule has 0 unspecified atom stereocenters. The second kappa shape index (κ2) is 3.97. The first-order chi connectivity index (χ1) is 6.58. The quantitative estimate of drug-likeness (QED) is 0.732. The minimum Gasteiger partial charge on any atom is -0.407 e. The molecular formula is C9H12BBrO2S. The van der Waals surface area contributed by atoms with Gasteiger partial charge in [0.2, 0.25) is 0 Å². The molecule has 0 aromatic carbocycles. The Hall–Kier alpha value is 0.165. The molecule has 0 saturated carbocycles. The molecule has 0 atom stereocenters. The number of hydrogen-bond acceptors (Lipinski definition) is 3. The molecule has 0 N–H and O–H groups in total. The highest BCUT2D eigenvalue weighted by Crippen LogP contribution is 2.23. The average molecular weight is 275 g/mol. The lowest BCUT2D eigenvalue weighted by Crippen LogP contribution is -2.47. The van der Waals surface area contributed by atoms with Crippen LogP contribution < -0.4 is 5.46 Å². The van der Waals surface area contributed by atoms with Crippen LogP contribution in [-0.2, 0) is 9.31 Å². The van der Waals surface area contributed by atoms with E-state index >= 15 is 0 Å². The van der Waals surface area contributed by atoms with E-state index in [1.54, 1.807) is 11.3 Å². The third-order valence-electron chi connectivity index (χ3n) is 2.15. The van der Waals surface area contributed by atoms with E-state index in [1.165, 1.54) is 0 Å². The zero-order valence-electron chi connectivity index (χ0n) is 8.25. The van der Waals surface area contributed by atoms with Crippen LogP contribution in [0.3, 0.4) is 0 Å². The van der Waals surface area contributed by atoms with E-state index in [0.29, 0.717) is 0 Å². The van der Waals surface area contributed by atoms with Gasteiger partial charge in [-0.3, -0.25) is 0 Å². The highest BCUT2D eigenvalue weighted by atomic mass is 79.9. The fourth-order valence-electron chi connectivity index (χ4n) is 1.33. The van der Waals surface area contributed by atoms with E-state index in [4.69, 9.17) is 9.31 Å². The van der Waals surface area contributed by atoms with Crippen LogP contribution in [0.1, 0.15) is 13.8 Å². The van der Waals surface area contributed by atoms with Gasteiger partial charge in [-0.1, -0.05) is 29.8 Å². The van der Waals surface area contributed by atoms with Crippen molar-refractivity contribution in [1.82, 2.24) is 0 Å². The third-order valence-corrected chi connectivity index (χ3v) is 3.90. The van der Waals surface area contributed by atoms with Gasteiger partial charge >= 0.3 is 7.12 Å². The van der Waals surface area contributed by atoms with Crippen molar-refractivity contribution in [3.8, 4) is 0 Å². The first kappa shape index (κ1) is 10.7. The summed E-state index contributed by atoms with van der Waals surface area (Å²) in [4.78, 5) is 0. The first-order valence-electron chi connectivity index (χ1n) is 4.53. The molecule has 1 fully saturated rings. The Morgan fingerprint density at radius 2 is 2.00 bits per heavy atom. The molecular weight excluding hydrogens is 263 g/mol. The molecule has 2 nitrogen and oxygen atoms in total. The Kier molecular flexibility index (Phi) is 3.02. The van der Waals surface area contributed by atoms with Gasteiger partial charge < -0.3 is 9.31 Å². The SMILES string of the molecule is CC1(C)COB(c2cscc2Br)OC1. The summed E-state index contributed by atoms with van der Waals surface area (Å²) in [6.45, 7) is 5.79. The zero-order chi connectivity index (χ0) is 10.2. The second-order valence-electron chi connectivity index (χ2n) is 4.29. The molecule has 1 aliphatic heterocycles. The Balaban J connectivity index is 2.06. The van der Waals surface area contributed by atoms with Crippen molar-refractivity contribution in [1.29, 1.82) is 0 Å². The minimum absolute atomic E-state index is 0.138. The summed E-state index contributed by atoms with van der Waals surface area (Å²) in [5.41, 5.74) is 1.24. The maximum atomic E-state index is 5.67. The summed E-state index contributed by atoms with van der Waals surface area (Å²) in [6.07, 6.45) is 0. The maximum Gasteiger partial charge on any atom is 0.495 e. The fourth-order valence-corrected chi connectivity index (χ4v) is 2.82. The van der Waals surface area contributed by atoms with Gasteiger partial charge in [-0.15, -0.1) is 0 Å². The van der Waals surface area contributed by atoms with Gasteiger partial charge in [-0.05, 0) is 5.38 Å². The molecule has 1 aliphatic rings. The van der Waals surface area contributed by atoms with Crippen molar-refractivity contribution in [3.05, 3.63) is 15.2 Å². The van der Waals surface area contributed by atoms with Gasteiger partial charge in [-0.25, -0.2) is 0 Å². The molecule has 0 amide bonds. The van der Waals surface area contributed by atoms with Crippen LogP contribution in [0.2, 0.25) is 0 Å². The van der Waals surface area contributed by atoms with Crippen LogP contribution >= 0.6 is 27.3 Å². The summed E-state index contributed by atoms with van der Waals surface area (Å²) in [6, 6.07) is 0. The standard InChI is InChI=1S/C9H12BBrO2S/c1-9(2)5-12-10(13-6-9)7-3-14-4-8(7)11/h3-4H,5-6H2,1-2H3. The number of rotatable bonds is 1. The van der Waals surface area contributed by atoms with E-state index in [2.05, 4.69) is 35.2 Å². The van der Waals surface area contributed by atoms with E-state index in [9.17, 15) is 0 Å². The van der Waals surface area contributed by atoms with Crippen molar-refractivity contribution >= 4 is 39.8 Å². The number of thiophene rings is 1. The summed E-state index contributed by atoms with van der Waals surface area (Å²) < 4.78 is 12.4. The summed E-state index contributed by atoms with van der Waals surface area (Å²) in [7, 11) is -0.191. The lowest BCUT2D eigenvalue weighted by atomic mass is 9.78. The van der Waals surface area contributed by atoms with Crippen LogP contribution in [0.4, 0.5) is 0 Å². The maximum absolute atomic E-state index is 5.67. The number of hydrogen-bond donors (Lipinski definition) is 0. The monoisotopic (exact) mass is 274 g/mol. The summed E-state index contributed by atoms with van der Waals surface area (Å²) in [5, 5.41) is 4.11. The van der Waals surface area contributed by atoms with E-state index in [1.807, 2.05) is 5.38 Å². The van der Waals surface area contributed by atoms with Crippen LogP contribution in [0.25, 0.3) is 0 Å². The molecule has 0 spiro atoms. The predicted molar refractivity (Wildman–Crippen MR) is 63.1 cm³/mol. The lowest BCUT2D eigenvalue weighted by molar-refractivity contribution is 0.0343. The van der Waals surface area contributed by atoms with Gasteiger partial charge in [0, 0.05) is 33.9 Å². The van der Waals surface area contributed by atoms with Crippen LogP contribution in [0, 0.1) is 5.41 Å². The molecule has 76 valence electrons. The Labute approximate surface area is 96.9 Å². The highest BCUT2D eigenvalue weighted by molar-refractivity contribution is 9.10. The Bertz CT molecular complexity index is 316. The Morgan fingerprint density at radius 3 is 2.50 bits per heavy atom. The van der Waals surface area contributed by atoms with Gasteiger partial charge in [0.1, 0.15) is 0 Å². The van der Waals surface area contributed by atoms with Crippen molar-refractivity contribution in [2.24, 2.45) is 5.41 Å². The normalized spacial score (nSPS) is 21.2. The average Bonchev–Trinajstić information content (AvgIpc) is 2.52. The van der Waals surface area contributed by atoms with Crippen LogP contribution in [0.15, 0.2) is 15.2 Å². The molecule has 0 radical (unpaired) electrons. The first-order valence-corrected chi connectivity index (χ1v) is 6.27. The zero-order valence-corrected chi connectivity index (χ0v) is 10.7. The molecule has 2 heterocycles. The molecule has 1 aromatic rings. The molecule has 14 heavy (non-hydrogen) atoms. The summed E-state index contributed by atoms with van der Waals surface area (Å²) >= 11 is 5.13. The van der Waals surface area contributed by atoms with Crippen molar-refractivity contribution in [2.75, 3.05) is 13.2 Å². The van der Waals surface area contributed by atoms with Crippen LogP contribution in [-0.4, -0.2) is 20.3 Å². The van der Waals surface area contributed by atoms with Crippen LogP contribution in [0.5, 0.6) is 0 Å². The topological polar surface area (TPSA) is 18.5 Å². The predicted octanol–water partition coefficient (Wildman–Crippen LogP) is 2.28. The third kappa shape index (κ3) is 2.22.